The number of benzene rings is 2. The molecule has 0 saturated carbocycles. The van der Waals surface area contributed by atoms with Crippen molar-refractivity contribution in [2.45, 2.75) is 31.3 Å². The lowest BCUT2D eigenvalue weighted by Gasteiger charge is -2.31. The summed E-state index contributed by atoms with van der Waals surface area (Å²) in [7, 11) is 0. The predicted octanol–water partition coefficient (Wildman–Crippen LogP) is 1.59. The fourth-order valence-corrected chi connectivity index (χ4v) is 5.22. The van der Waals surface area contributed by atoms with Gasteiger partial charge in [-0.2, -0.15) is 5.26 Å². The molecule has 4 rings (SSSR count). The molecule has 2 fully saturated rings. The molecule has 35 heavy (non-hydrogen) atoms. The van der Waals surface area contributed by atoms with Crippen LogP contribution in [0.2, 0.25) is 0 Å². The maximum absolute atomic E-state index is 13.8. The number of nitrogens with zero attached hydrogens (tertiary/aromatic N) is 2. The van der Waals surface area contributed by atoms with Gasteiger partial charge in [-0.05, 0) is 49.1 Å². The zero-order chi connectivity index (χ0) is 25.3. The molecule has 0 aromatic heterocycles. The third kappa shape index (κ3) is 4.00. The molecule has 4 amide bonds. The van der Waals surface area contributed by atoms with E-state index in [1.165, 1.54) is 0 Å². The quantitative estimate of drug-likeness (QED) is 0.348. The van der Waals surface area contributed by atoms with Gasteiger partial charge in [0.2, 0.25) is 11.8 Å². The number of nitrogens with one attached hydrogen (secondary N) is 2. The van der Waals surface area contributed by atoms with Crippen LogP contribution < -0.4 is 21.3 Å². The van der Waals surface area contributed by atoms with E-state index in [2.05, 4.69) is 10.6 Å². The van der Waals surface area contributed by atoms with Crippen molar-refractivity contribution >= 4 is 29.5 Å². The lowest BCUT2D eigenvalue weighted by atomic mass is 9.77. The second-order valence-electron chi connectivity index (χ2n) is 8.83. The van der Waals surface area contributed by atoms with Crippen LogP contribution in [-0.4, -0.2) is 41.0 Å². The minimum absolute atomic E-state index is 0.0167. The summed E-state index contributed by atoms with van der Waals surface area (Å²) in [5, 5.41) is 25.0. The number of hydrogen-bond donors (Lipinski definition) is 4. The van der Waals surface area contributed by atoms with Crippen LogP contribution in [0.15, 0.2) is 48.5 Å². The smallest absolute Gasteiger partial charge is 0.324 e. The first-order chi connectivity index (χ1) is 16.7. The summed E-state index contributed by atoms with van der Waals surface area (Å²) >= 11 is 0. The van der Waals surface area contributed by atoms with Crippen molar-refractivity contribution in [1.82, 2.24) is 10.6 Å². The van der Waals surface area contributed by atoms with E-state index in [1.54, 1.807) is 55.5 Å². The van der Waals surface area contributed by atoms with Crippen LogP contribution in [0.4, 0.5) is 10.5 Å². The minimum atomic E-state index is -1.74. The number of imide groups is 1. The minimum Gasteiger partial charge on any atom is -0.480 e. The Morgan fingerprint density at radius 1 is 1.17 bits per heavy atom. The molecule has 2 heterocycles. The third-order valence-corrected chi connectivity index (χ3v) is 6.84. The Hall–Kier alpha value is -4.23. The van der Waals surface area contributed by atoms with Gasteiger partial charge in [-0.25, -0.2) is 9.69 Å². The average molecular weight is 476 g/mol. The lowest BCUT2D eigenvalue weighted by Crippen LogP contribution is -2.56. The van der Waals surface area contributed by atoms with Crippen LogP contribution in [0.1, 0.15) is 35.6 Å². The molecule has 10 heteroatoms. The molecular formula is C25H25N5O5. The van der Waals surface area contributed by atoms with Crippen LogP contribution >= 0.6 is 0 Å². The highest BCUT2D eigenvalue weighted by molar-refractivity contribution is 6.24. The van der Waals surface area contributed by atoms with Gasteiger partial charge in [0.15, 0.2) is 0 Å². The van der Waals surface area contributed by atoms with Crippen LogP contribution in [0.5, 0.6) is 0 Å². The third-order valence-electron chi connectivity index (χ3n) is 6.84. The van der Waals surface area contributed by atoms with E-state index in [-0.39, 0.29) is 19.4 Å². The number of nitrogens with two attached hydrogens (primary N) is 1. The summed E-state index contributed by atoms with van der Waals surface area (Å²) in [4.78, 5) is 52.4. The topological polar surface area (TPSA) is 166 Å². The van der Waals surface area contributed by atoms with E-state index in [0.717, 1.165) is 4.90 Å². The molecule has 180 valence electrons. The van der Waals surface area contributed by atoms with E-state index in [1.807, 2.05) is 6.07 Å². The highest BCUT2D eigenvalue weighted by Gasteiger charge is 2.68. The monoisotopic (exact) mass is 475 g/mol. The normalized spacial score (nSPS) is 25.3. The van der Waals surface area contributed by atoms with Gasteiger partial charge in [0, 0.05) is 12.6 Å². The number of carboxylic acid groups (broad SMARTS) is 1. The van der Waals surface area contributed by atoms with Gasteiger partial charge >= 0.3 is 12.0 Å². The average Bonchev–Trinajstić information content (AvgIpc) is 3.31. The molecular weight excluding hydrogens is 450 g/mol. The number of anilines is 1. The fraction of sp³-hybridized carbons (Fsp3) is 0.320. The van der Waals surface area contributed by atoms with Gasteiger partial charge < -0.3 is 16.2 Å². The van der Waals surface area contributed by atoms with E-state index < -0.39 is 47.2 Å². The van der Waals surface area contributed by atoms with Gasteiger partial charge in [-0.1, -0.05) is 30.3 Å². The van der Waals surface area contributed by atoms with Crippen molar-refractivity contribution in [2.75, 3.05) is 11.4 Å². The molecule has 0 spiro atoms. The van der Waals surface area contributed by atoms with Crippen LogP contribution in [0, 0.1) is 30.1 Å². The summed E-state index contributed by atoms with van der Waals surface area (Å²) in [6.45, 7) is 1.90. The second kappa shape index (κ2) is 9.19. The van der Waals surface area contributed by atoms with E-state index in [9.17, 15) is 24.3 Å². The first-order valence-corrected chi connectivity index (χ1v) is 11.2. The van der Waals surface area contributed by atoms with Gasteiger partial charge in [-0.3, -0.25) is 19.7 Å². The Morgan fingerprint density at radius 3 is 2.46 bits per heavy atom. The highest BCUT2D eigenvalue weighted by atomic mass is 16.4. The van der Waals surface area contributed by atoms with Crippen molar-refractivity contribution in [3.05, 3.63) is 65.2 Å². The molecule has 2 aliphatic heterocycles. The summed E-state index contributed by atoms with van der Waals surface area (Å²) in [5.74, 6) is -4.44. The number of urea groups is 1. The number of hydrogen-bond acceptors (Lipinski definition) is 6. The SMILES string of the molecule is Cc1ccccc1N1C(=O)C2C(c3ccc(C#N)cc3)NC(CCCNC(N)=O)(C(=O)O)C2C1=O. The van der Waals surface area contributed by atoms with Crippen molar-refractivity contribution in [1.29, 1.82) is 5.26 Å². The maximum atomic E-state index is 13.8. The first kappa shape index (κ1) is 23.9. The Labute approximate surface area is 201 Å². The number of nitriles is 1. The zero-order valence-electron chi connectivity index (χ0n) is 19.0. The number of fused-ring (bicyclic) bond motifs is 1. The van der Waals surface area contributed by atoms with Crippen molar-refractivity contribution in [3.8, 4) is 6.07 Å². The molecule has 4 unspecified atom stereocenters. The molecule has 5 N–H and O–H groups in total. The van der Waals surface area contributed by atoms with Crippen LogP contribution in [-0.2, 0) is 14.4 Å². The van der Waals surface area contributed by atoms with E-state index >= 15 is 0 Å². The molecule has 2 saturated heterocycles. The van der Waals surface area contributed by atoms with Gasteiger partial charge in [0.05, 0.1) is 29.2 Å². The second-order valence-corrected chi connectivity index (χ2v) is 8.83. The molecule has 10 nitrogen and oxygen atoms in total. The van der Waals surface area contributed by atoms with E-state index in [0.29, 0.717) is 22.4 Å². The van der Waals surface area contributed by atoms with E-state index in [4.69, 9.17) is 11.0 Å². The molecule has 0 bridgehead atoms. The predicted molar refractivity (Wildman–Crippen MR) is 125 cm³/mol. The number of aliphatic carboxylic acids is 1. The molecule has 2 aromatic carbocycles. The summed E-state index contributed by atoms with van der Waals surface area (Å²) < 4.78 is 0. The summed E-state index contributed by atoms with van der Waals surface area (Å²) in [6, 6.07) is 14.0. The molecule has 2 aromatic rings. The first-order valence-electron chi connectivity index (χ1n) is 11.2. The van der Waals surface area contributed by atoms with Crippen molar-refractivity contribution in [3.63, 3.8) is 0 Å². The lowest BCUT2D eigenvalue weighted by molar-refractivity contribution is -0.149. The highest BCUT2D eigenvalue weighted by Crippen LogP contribution is 2.51. The number of amides is 4. The number of carbonyl (C=O) groups excluding carboxylic acids is 3. The van der Waals surface area contributed by atoms with Crippen LogP contribution in [0.25, 0.3) is 0 Å². The molecule has 0 radical (unpaired) electrons. The standard InChI is InChI=1S/C25H25N5O5/c1-14-5-2-3-6-17(14)30-21(31)18-19(22(30)32)25(23(33)34,11-4-12-28-24(27)35)29-20(18)16-9-7-15(13-26)8-10-16/h2-3,5-10,18-20,29H,4,11-12H2,1H3,(H,33,34)(H3,27,28,35). The van der Waals surface area contributed by atoms with Gasteiger partial charge in [0.1, 0.15) is 5.54 Å². The Balaban J connectivity index is 1.79. The Morgan fingerprint density at radius 2 is 1.86 bits per heavy atom. The van der Waals surface area contributed by atoms with Gasteiger partial charge in [0.25, 0.3) is 0 Å². The maximum Gasteiger partial charge on any atom is 0.324 e. The van der Waals surface area contributed by atoms with Crippen LogP contribution in [0.3, 0.4) is 0 Å². The number of para-hydroxylation sites is 1. The molecule has 0 aliphatic carbocycles. The largest absolute Gasteiger partial charge is 0.480 e. The number of primary amides is 1. The number of aryl methyl sites for hydroxylation is 1. The fourth-order valence-electron chi connectivity index (χ4n) is 5.22. The number of carbonyl (C=O) groups is 4. The summed E-state index contributed by atoms with van der Waals surface area (Å²) in [6.07, 6.45) is 0.203. The van der Waals surface area contributed by atoms with Crippen molar-refractivity contribution < 1.29 is 24.3 Å². The zero-order valence-corrected chi connectivity index (χ0v) is 19.0. The van der Waals surface area contributed by atoms with Gasteiger partial charge in [-0.15, -0.1) is 0 Å². The Bertz CT molecular complexity index is 1240. The van der Waals surface area contributed by atoms with Crippen molar-refractivity contribution in [2.24, 2.45) is 17.6 Å². The number of rotatable bonds is 7. The molecule has 2 aliphatic rings. The number of carboxylic acids is 1. The Kier molecular flexibility index (Phi) is 6.28. The molecule has 4 atom stereocenters. The summed E-state index contributed by atoms with van der Waals surface area (Å²) in [5.41, 5.74) is 5.52.